The van der Waals surface area contributed by atoms with Gasteiger partial charge in [0.2, 0.25) is 0 Å². The van der Waals surface area contributed by atoms with E-state index in [1.807, 2.05) is 42.5 Å². The highest BCUT2D eigenvalue weighted by Crippen LogP contribution is 2.23. The fourth-order valence-electron chi connectivity index (χ4n) is 3.42. The van der Waals surface area contributed by atoms with Crippen LogP contribution in [0.25, 0.3) is 11.1 Å². The Morgan fingerprint density at radius 1 is 0.962 bits per heavy atom. The molecule has 26 heavy (non-hydrogen) atoms. The van der Waals surface area contributed by atoms with Crippen LogP contribution in [0.4, 0.5) is 0 Å². The lowest BCUT2D eigenvalue weighted by molar-refractivity contribution is -0.125. The van der Waals surface area contributed by atoms with Gasteiger partial charge in [-0.15, -0.1) is 0 Å². The fourth-order valence-corrected chi connectivity index (χ4v) is 3.42. The van der Waals surface area contributed by atoms with E-state index in [0.29, 0.717) is 11.5 Å². The predicted octanol–water partition coefficient (Wildman–Crippen LogP) is 4.21. The van der Waals surface area contributed by atoms with Gasteiger partial charge in [-0.1, -0.05) is 62.2 Å². The zero-order valence-corrected chi connectivity index (χ0v) is 15.1. The maximum atomic E-state index is 12.2. The Labute approximate surface area is 154 Å². The summed E-state index contributed by atoms with van der Waals surface area (Å²) in [5.41, 5.74) is 2.57. The summed E-state index contributed by atoms with van der Waals surface area (Å²) in [4.78, 5) is 24.2. The highest BCUT2D eigenvalue weighted by molar-refractivity contribution is 5.91. The van der Waals surface area contributed by atoms with Gasteiger partial charge < -0.3 is 10.1 Å². The van der Waals surface area contributed by atoms with Gasteiger partial charge in [0.25, 0.3) is 5.91 Å². The molecule has 1 aliphatic carbocycles. The average Bonchev–Trinajstić information content (AvgIpc) is 2.69. The SMILES string of the molecule is C[C@H]1CCCC[C@@H]1NC(=O)COC(=O)c1ccc(-c2ccccc2)cc1. The van der Waals surface area contributed by atoms with E-state index in [1.54, 1.807) is 12.1 Å². The monoisotopic (exact) mass is 351 g/mol. The Kier molecular flexibility index (Phi) is 6.05. The second kappa shape index (κ2) is 8.65. The van der Waals surface area contributed by atoms with Gasteiger partial charge in [-0.05, 0) is 42.0 Å². The van der Waals surface area contributed by atoms with Crippen molar-refractivity contribution in [2.45, 2.75) is 38.6 Å². The van der Waals surface area contributed by atoms with Gasteiger partial charge in [0.05, 0.1) is 5.56 Å². The molecular weight excluding hydrogens is 326 g/mol. The van der Waals surface area contributed by atoms with Crippen molar-refractivity contribution in [3.05, 3.63) is 60.2 Å². The van der Waals surface area contributed by atoms with Crippen LogP contribution < -0.4 is 5.32 Å². The van der Waals surface area contributed by atoms with Crippen molar-refractivity contribution in [3.8, 4) is 11.1 Å². The zero-order chi connectivity index (χ0) is 18.4. The largest absolute Gasteiger partial charge is 0.452 e. The molecule has 0 spiro atoms. The van der Waals surface area contributed by atoms with E-state index >= 15 is 0 Å². The lowest BCUT2D eigenvalue weighted by Crippen LogP contribution is -2.42. The lowest BCUT2D eigenvalue weighted by Gasteiger charge is -2.29. The van der Waals surface area contributed by atoms with Crippen LogP contribution in [0.2, 0.25) is 0 Å². The van der Waals surface area contributed by atoms with E-state index < -0.39 is 5.97 Å². The summed E-state index contributed by atoms with van der Waals surface area (Å²) in [5, 5.41) is 2.99. The number of carbonyl (C=O) groups is 2. The van der Waals surface area contributed by atoms with Crippen LogP contribution in [0.5, 0.6) is 0 Å². The molecule has 0 unspecified atom stereocenters. The molecule has 1 fully saturated rings. The Morgan fingerprint density at radius 2 is 1.62 bits per heavy atom. The van der Waals surface area contributed by atoms with Crippen LogP contribution >= 0.6 is 0 Å². The number of amides is 1. The Balaban J connectivity index is 1.51. The standard InChI is InChI=1S/C22H25NO3/c1-16-7-5-6-10-20(16)23-21(24)15-26-22(25)19-13-11-18(12-14-19)17-8-3-2-4-9-17/h2-4,8-9,11-14,16,20H,5-7,10,15H2,1H3,(H,23,24)/t16-,20-/m0/s1. The number of nitrogens with one attached hydrogen (secondary N) is 1. The third kappa shape index (κ3) is 4.72. The van der Waals surface area contributed by atoms with Crippen molar-refractivity contribution in [1.29, 1.82) is 0 Å². The molecule has 4 nitrogen and oxygen atoms in total. The molecule has 1 saturated carbocycles. The smallest absolute Gasteiger partial charge is 0.338 e. The van der Waals surface area contributed by atoms with E-state index in [0.717, 1.165) is 30.4 Å². The summed E-state index contributed by atoms with van der Waals surface area (Å²) < 4.78 is 5.16. The van der Waals surface area contributed by atoms with Crippen molar-refractivity contribution in [2.75, 3.05) is 6.61 Å². The summed E-state index contributed by atoms with van der Waals surface area (Å²) in [5.74, 6) is -0.219. The molecule has 4 heteroatoms. The molecule has 1 aliphatic rings. The summed E-state index contributed by atoms with van der Waals surface area (Å²) in [6.07, 6.45) is 4.50. The maximum absolute atomic E-state index is 12.2. The summed E-state index contributed by atoms with van der Waals surface area (Å²) in [6, 6.07) is 17.4. The van der Waals surface area contributed by atoms with Gasteiger partial charge in [-0.2, -0.15) is 0 Å². The first-order valence-electron chi connectivity index (χ1n) is 9.25. The average molecular weight is 351 g/mol. The van der Waals surface area contributed by atoms with Gasteiger partial charge in [0.1, 0.15) is 0 Å². The highest BCUT2D eigenvalue weighted by atomic mass is 16.5. The molecule has 0 bridgehead atoms. The third-order valence-corrected chi connectivity index (χ3v) is 5.02. The molecule has 0 aliphatic heterocycles. The van der Waals surface area contributed by atoms with E-state index in [4.69, 9.17) is 4.74 Å². The summed E-state index contributed by atoms with van der Waals surface area (Å²) >= 11 is 0. The van der Waals surface area contributed by atoms with Crippen molar-refractivity contribution in [2.24, 2.45) is 5.92 Å². The highest BCUT2D eigenvalue weighted by Gasteiger charge is 2.23. The number of hydrogen-bond donors (Lipinski definition) is 1. The van der Waals surface area contributed by atoms with Gasteiger partial charge >= 0.3 is 5.97 Å². The minimum Gasteiger partial charge on any atom is -0.452 e. The van der Waals surface area contributed by atoms with Crippen LogP contribution in [-0.4, -0.2) is 24.5 Å². The minimum atomic E-state index is -0.476. The van der Waals surface area contributed by atoms with E-state index in [2.05, 4.69) is 12.2 Å². The summed E-state index contributed by atoms with van der Waals surface area (Å²) in [7, 11) is 0. The predicted molar refractivity (Wildman–Crippen MR) is 102 cm³/mol. The Morgan fingerprint density at radius 3 is 2.31 bits per heavy atom. The second-order valence-electron chi connectivity index (χ2n) is 6.96. The topological polar surface area (TPSA) is 55.4 Å². The molecule has 1 amide bonds. The van der Waals surface area contributed by atoms with Crippen LogP contribution in [-0.2, 0) is 9.53 Å². The van der Waals surface area contributed by atoms with Crippen molar-refractivity contribution < 1.29 is 14.3 Å². The molecule has 0 aromatic heterocycles. The molecule has 3 rings (SSSR count). The third-order valence-electron chi connectivity index (χ3n) is 5.02. The number of ether oxygens (including phenoxy) is 1. The van der Waals surface area contributed by atoms with Crippen LogP contribution in [0.1, 0.15) is 43.0 Å². The second-order valence-corrected chi connectivity index (χ2v) is 6.96. The van der Waals surface area contributed by atoms with Crippen molar-refractivity contribution in [1.82, 2.24) is 5.32 Å². The number of rotatable bonds is 5. The molecule has 136 valence electrons. The molecule has 0 radical (unpaired) electrons. The molecule has 0 saturated heterocycles. The fraction of sp³-hybridized carbons (Fsp3) is 0.364. The minimum absolute atomic E-state index is 0.195. The first kappa shape index (κ1) is 18.2. The van der Waals surface area contributed by atoms with Crippen molar-refractivity contribution in [3.63, 3.8) is 0 Å². The van der Waals surface area contributed by atoms with E-state index in [1.165, 1.54) is 6.42 Å². The number of carbonyl (C=O) groups excluding carboxylic acids is 2. The Hall–Kier alpha value is -2.62. The zero-order valence-electron chi connectivity index (χ0n) is 15.1. The first-order chi connectivity index (χ1) is 12.6. The van der Waals surface area contributed by atoms with Gasteiger partial charge in [-0.3, -0.25) is 4.79 Å². The number of benzene rings is 2. The number of esters is 1. The summed E-state index contributed by atoms with van der Waals surface area (Å²) in [6.45, 7) is 1.92. The van der Waals surface area contributed by atoms with Gasteiger partial charge in [0, 0.05) is 6.04 Å². The Bertz CT molecular complexity index is 740. The van der Waals surface area contributed by atoms with Gasteiger partial charge in [0.15, 0.2) is 6.61 Å². The van der Waals surface area contributed by atoms with Crippen LogP contribution in [0.3, 0.4) is 0 Å². The number of hydrogen-bond acceptors (Lipinski definition) is 3. The molecule has 1 N–H and O–H groups in total. The normalized spacial score (nSPS) is 19.6. The molecule has 2 aromatic rings. The maximum Gasteiger partial charge on any atom is 0.338 e. The molecule has 2 aromatic carbocycles. The molecule has 0 heterocycles. The van der Waals surface area contributed by atoms with E-state index in [-0.39, 0.29) is 18.6 Å². The van der Waals surface area contributed by atoms with Crippen LogP contribution in [0.15, 0.2) is 54.6 Å². The lowest BCUT2D eigenvalue weighted by atomic mass is 9.86. The first-order valence-corrected chi connectivity index (χ1v) is 9.25. The molecule has 2 atom stereocenters. The van der Waals surface area contributed by atoms with Gasteiger partial charge in [-0.25, -0.2) is 4.79 Å². The quantitative estimate of drug-likeness (QED) is 0.821. The van der Waals surface area contributed by atoms with E-state index in [9.17, 15) is 9.59 Å². The molecular formula is C22H25NO3. The van der Waals surface area contributed by atoms with Crippen molar-refractivity contribution >= 4 is 11.9 Å². The van der Waals surface area contributed by atoms with Crippen LogP contribution in [0, 0.1) is 5.92 Å².